The second kappa shape index (κ2) is 4.91. The number of aryl methyl sites for hydroxylation is 1. The molecule has 16 heavy (non-hydrogen) atoms. The van der Waals surface area contributed by atoms with E-state index in [1.54, 1.807) is 6.07 Å². The molecular weight excluding hydrogens is 208 g/mol. The Balaban J connectivity index is 2.18. The molecule has 1 nitrogen and oxygen atoms in total. The summed E-state index contributed by atoms with van der Waals surface area (Å²) in [5, 5.41) is 3.17. The van der Waals surface area contributed by atoms with Crippen LogP contribution in [0.15, 0.2) is 18.2 Å². The molecular formula is C13H17F2N. The second-order valence-corrected chi connectivity index (χ2v) is 4.46. The standard InChI is InChI=1S/C13H17F2N/c1-9-5-6-10(14)8-11(9)13(15)12-4-2-3-7-16-12/h5-6,8,12-13,16H,2-4,7H2,1H3. The third-order valence-electron chi connectivity index (χ3n) is 3.24. The molecule has 3 heteroatoms. The fourth-order valence-corrected chi connectivity index (χ4v) is 2.25. The minimum atomic E-state index is -1.10. The summed E-state index contributed by atoms with van der Waals surface area (Å²) >= 11 is 0. The van der Waals surface area contributed by atoms with Crippen molar-refractivity contribution in [3.8, 4) is 0 Å². The topological polar surface area (TPSA) is 12.0 Å². The van der Waals surface area contributed by atoms with Crippen LogP contribution >= 0.6 is 0 Å². The molecule has 0 bridgehead atoms. The van der Waals surface area contributed by atoms with E-state index in [0.717, 1.165) is 31.4 Å². The smallest absolute Gasteiger partial charge is 0.141 e. The van der Waals surface area contributed by atoms with Crippen LogP contribution in [0.3, 0.4) is 0 Å². The van der Waals surface area contributed by atoms with E-state index in [-0.39, 0.29) is 11.9 Å². The number of piperidine rings is 1. The lowest BCUT2D eigenvalue weighted by molar-refractivity contribution is 0.220. The van der Waals surface area contributed by atoms with Gasteiger partial charge in [0.1, 0.15) is 12.0 Å². The molecule has 1 fully saturated rings. The minimum absolute atomic E-state index is 0.158. The third kappa shape index (κ3) is 2.40. The Hall–Kier alpha value is -0.960. The van der Waals surface area contributed by atoms with Crippen molar-refractivity contribution in [1.29, 1.82) is 0 Å². The highest BCUT2D eigenvalue weighted by molar-refractivity contribution is 5.29. The molecule has 2 rings (SSSR count). The van der Waals surface area contributed by atoms with Crippen molar-refractivity contribution in [1.82, 2.24) is 5.32 Å². The summed E-state index contributed by atoms with van der Waals surface area (Å²) in [4.78, 5) is 0. The fraction of sp³-hybridized carbons (Fsp3) is 0.538. The van der Waals surface area contributed by atoms with Gasteiger partial charge in [-0.2, -0.15) is 0 Å². The zero-order valence-electron chi connectivity index (χ0n) is 9.47. The van der Waals surface area contributed by atoms with Gasteiger partial charge in [-0.25, -0.2) is 8.78 Å². The first-order valence-electron chi connectivity index (χ1n) is 5.82. The van der Waals surface area contributed by atoms with E-state index in [0.29, 0.717) is 5.56 Å². The Morgan fingerprint density at radius 3 is 2.88 bits per heavy atom. The minimum Gasteiger partial charge on any atom is -0.311 e. The van der Waals surface area contributed by atoms with Crippen LogP contribution in [0.2, 0.25) is 0 Å². The summed E-state index contributed by atoms with van der Waals surface area (Å²) in [5.74, 6) is -0.362. The monoisotopic (exact) mass is 225 g/mol. The first kappa shape index (κ1) is 11.5. The first-order valence-corrected chi connectivity index (χ1v) is 5.82. The van der Waals surface area contributed by atoms with Gasteiger partial charge >= 0.3 is 0 Å². The molecule has 1 N–H and O–H groups in total. The highest BCUT2D eigenvalue weighted by Crippen LogP contribution is 2.29. The van der Waals surface area contributed by atoms with Gasteiger partial charge in [0.2, 0.25) is 0 Å². The van der Waals surface area contributed by atoms with Crippen molar-refractivity contribution in [2.24, 2.45) is 0 Å². The van der Waals surface area contributed by atoms with E-state index in [2.05, 4.69) is 5.32 Å². The van der Waals surface area contributed by atoms with Gasteiger partial charge in [-0.3, -0.25) is 0 Å². The molecule has 1 aromatic rings. The van der Waals surface area contributed by atoms with Crippen molar-refractivity contribution < 1.29 is 8.78 Å². The molecule has 1 aliphatic heterocycles. The highest BCUT2D eigenvalue weighted by Gasteiger charge is 2.25. The average Bonchev–Trinajstić information content (AvgIpc) is 2.32. The quantitative estimate of drug-likeness (QED) is 0.814. The van der Waals surface area contributed by atoms with Crippen LogP contribution in [-0.2, 0) is 0 Å². The Bertz CT molecular complexity index is 359. The van der Waals surface area contributed by atoms with Crippen LogP contribution in [0.1, 0.15) is 36.6 Å². The van der Waals surface area contributed by atoms with E-state index in [1.165, 1.54) is 12.1 Å². The molecule has 0 aromatic heterocycles. The van der Waals surface area contributed by atoms with Gasteiger partial charge in [0.25, 0.3) is 0 Å². The van der Waals surface area contributed by atoms with Gasteiger partial charge in [0, 0.05) is 6.04 Å². The predicted octanol–water partition coefficient (Wildman–Crippen LogP) is 3.29. The van der Waals surface area contributed by atoms with Gasteiger partial charge in [-0.05, 0) is 49.6 Å². The number of benzene rings is 1. The SMILES string of the molecule is Cc1ccc(F)cc1C(F)C1CCCCN1. The van der Waals surface area contributed by atoms with Crippen molar-refractivity contribution in [2.45, 2.75) is 38.4 Å². The maximum absolute atomic E-state index is 14.2. The fourth-order valence-electron chi connectivity index (χ4n) is 2.25. The lowest BCUT2D eigenvalue weighted by atomic mass is 9.93. The van der Waals surface area contributed by atoms with Crippen LogP contribution in [0.25, 0.3) is 0 Å². The van der Waals surface area contributed by atoms with Crippen molar-refractivity contribution in [3.05, 3.63) is 35.1 Å². The summed E-state index contributed by atoms with van der Waals surface area (Å²) < 4.78 is 27.3. The molecule has 2 atom stereocenters. The van der Waals surface area contributed by atoms with Gasteiger partial charge in [0.05, 0.1) is 0 Å². The van der Waals surface area contributed by atoms with Crippen LogP contribution in [-0.4, -0.2) is 12.6 Å². The zero-order valence-corrected chi connectivity index (χ0v) is 9.47. The lowest BCUT2D eigenvalue weighted by Gasteiger charge is -2.27. The maximum Gasteiger partial charge on any atom is 0.141 e. The number of hydrogen-bond acceptors (Lipinski definition) is 1. The zero-order chi connectivity index (χ0) is 11.5. The molecule has 1 heterocycles. The summed E-state index contributed by atoms with van der Waals surface area (Å²) in [6, 6.07) is 4.17. The summed E-state index contributed by atoms with van der Waals surface area (Å²) in [7, 11) is 0. The van der Waals surface area contributed by atoms with Crippen LogP contribution in [0, 0.1) is 12.7 Å². The second-order valence-electron chi connectivity index (χ2n) is 4.46. The normalized spacial score (nSPS) is 23.1. The molecule has 1 aliphatic rings. The number of alkyl halides is 1. The molecule has 2 unspecified atom stereocenters. The lowest BCUT2D eigenvalue weighted by Crippen LogP contribution is -2.37. The Morgan fingerprint density at radius 1 is 1.38 bits per heavy atom. The van der Waals surface area contributed by atoms with Crippen molar-refractivity contribution in [2.75, 3.05) is 6.54 Å². The molecule has 0 amide bonds. The summed E-state index contributed by atoms with van der Waals surface area (Å²) in [6.45, 7) is 2.68. The third-order valence-corrected chi connectivity index (χ3v) is 3.24. The Labute approximate surface area is 94.9 Å². The van der Waals surface area contributed by atoms with Gasteiger partial charge in [0.15, 0.2) is 0 Å². The van der Waals surface area contributed by atoms with E-state index in [9.17, 15) is 8.78 Å². The Morgan fingerprint density at radius 2 is 2.19 bits per heavy atom. The average molecular weight is 225 g/mol. The van der Waals surface area contributed by atoms with Gasteiger partial charge < -0.3 is 5.32 Å². The summed E-state index contributed by atoms with van der Waals surface area (Å²) in [5.41, 5.74) is 1.31. The molecule has 0 radical (unpaired) electrons. The van der Waals surface area contributed by atoms with Crippen molar-refractivity contribution >= 4 is 0 Å². The molecule has 0 saturated carbocycles. The van der Waals surface area contributed by atoms with E-state index < -0.39 is 6.17 Å². The molecule has 88 valence electrons. The Kier molecular flexibility index (Phi) is 3.54. The van der Waals surface area contributed by atoms with Crippen LogP contribution < -0.4 is 5.32 Å². The number of nitrogens with one attached hydrogen (secondary N) is 1. The number of halogens is 2. The van der Waals surface area contributed by atoms with E-state index in [1.807, 2.05) is 6.92 Å². The molecule has 0 aliphatic carbocycles. The van der Waals surface area contributed by atoms with Gasteiger partial charge in [-0.1, -0.05) is 12.5 Å². The van der Waals surface area contributed by atoms with Crippen LogP contribution in [0.5, 0.6) is 0 Å². The number of rotatable bonds is 2. The molecule has 0 spiro atoms. The highest BCUT2D eigenvalue weighted by atomic mass is 19.1. The number of hydrogen-bond donors (Lipinski definition) is 1. The van der Waals surface area contributed by atoms with E-state index >= 15 is 0 Å². The van der Waals surface area contributed by atoms with Crippen molar-refractivity contribution in [3.63, 3.8) is 0 Å². The molecule has 1 saturated heterocycles. The summed E-state index contributed by atoms with van der Waals surface area (Å²) in [6.07, 6.45) is 1.88. The largest absolute Gasteiger partial charge is 0.311 e. The predicted molar refractivity (Wildman–Crippen MR) is 60.6 cm³/mol. The molecule has 1 aromatic carbocycles. The van der Waals surface area contributed by atoms with E-state index in [4.69, 9.17) is 0 Å². The first-order chi connectivity index (χ1) is 7.68. The van der Waals surface area contributed by atoms with Gasteiger partial charge in [-0.15, -0.1) is 0 Å². The van der Waals surface area contributed by atoms with Crippen LogP contribution in [0.4, 0.5) is 8.78 Å². The maximum atomic E-state index is 14.2.